The summed E-state index contributed by atoms with van der Waals surface area (Å²) in [5.41, 5.74) is 1.97. The number of fused-ring (bicyclic) bond motifs is 4. The first-order chi connectivity index (χ1) is 13.0. The Morgan fingerprint density at radius 1 is 1.00 bits per heavy atom. The second-order valence-electron chi connectivity index (χ2n) is 6.82. The molecular formula is C21H19N3O3. The summed E-state index contributed by atoms with van der Waals surface area (Å²) in [6.07, 6.45) is 1.71. The van der Waals surface area contributed by atoms with Crippen LogP contribution in [-0.2, 0) is 0 Å². The molecule has 3 aromatic rings. The van der Waals surface area contributed by atoms with Crippen molar-refractivity contribution in [2.45, 2.75) is 0 Å². The predicted molar refractivity (Wildman–Crippen MR) is 102 cm³/mol. The van der Waals surface area contributed by atoms with Crippen LogP contribution in [0.3, 0.4) is 0 Å². The molecule has 0 atom stereocenters. The van der Waals surface area contributed by atoms with Crippen LogP contribution in [-0.4, -0.2) is 54.0 Å². The molecule has 2 aromatic heterocycles. The molecular weight excluding hydrogens is 342 g/mol. The maximum absolute atomic E-state index is 13.2. The van der Waals surface area contributed by atoms with Crippen LogP contribution in [0.1, 0.15) is 42.3 Å². The fourth-order valence-electron chi connectivity index (χ4n) is 3.51. The highest BCUT2D eigenvalue weighted by atomic mass is 16.2. The summed E-state index contributed by atoms with van der Waals surface area (Å²) in [6.45, 7) is 1.12. The monoisotopic (exact) mass is 361 g/mol. The first kappa shape index (κ1) is 17.2. The van der Waals surface area contributed by atoms with Gasteiger partial charge in [0.05, 0.1) is 16.6 Å². The standard InChI is InChI=1S/C21H19N3O3/c1-23(2)12-10-22-21(27)16-15-9-5-6-11-24(15)18-17(16)19(25)13-7-3-4-8-14(13)20(18)26/h3-9,11H,10,12H2,1-2H3,(H,22,27). The van der Waals surface area contributed by atoms with Crippen LogP contribution in [0.5, 0.6) is 0 Å². The number of hydrogen-bond donors (Lipinski definition) is 1. The lowest BCUT2D eigenvalue weighted by atomic mass is 9.86. The van der Waals surface area contributed by atoms with E-state index in [-0.39, 0.29) is 34.3 Å². The Kier molecular flexibility index (Phi) is 4.12. The van der Waals surface area contributed by atoms with Gasteiger partial charge in [-0.1, -0.05) is 30.3 Å². The van der Waals surface area contributed by atoms with E-state index in [4.69, 9.17) is 0 Å². The summed E-state index contributed by atoms with van der Waals surface area (Å²) in [7, 11) is 3.84. The molecule has 1 amide bonds. The summed E-state index contributed by atoms with van der Waals surface area (Å²) in [5.74, 6) is -0.877. The van der Waals surface area contributed by atoms with E-state index in [9.17, 15) is 14.4 Å². The van der Waals surface area contributed by atoms with Crippen molar-refractivity contribution >= 4 is 23.0 Å². The molecule has 0 aliphatic heterocycles. The highest BCUT2D eigenvalue weighted by Gasteiger charge is 2.37. The van der Waals surface area contributed by atoms with Crippen LogP contribution in [0.15, 0.2) is 48.7 Å². The Hall–Kier alpha value is -3.25. The van der Waals surface area contributed by atoms with E-state index in [0.29, 0.717) is 29.7 Å². The first-order valence-corrected chi connectivity index (χ1v) is 8.75. The fourth-order valence-corrected chi connectivity index (χ4v) is 3.51. The van der Waals surface area contributed by atoms with E-state index in [1.165, 1.54) is 0 Å². The van der Waals surface area contributed by atoms with E-state index < -0.39 is 0 Å². The van der Waals surface area contributed by atoms with Crippen molar-refractivity contribution in [2.24, 2.45) is 0 Å². The number of amides is 1. The quantitative estimate of drug-likeness (QED) is 0.604. The molecule has 0 unspecified atom stereocenters. The molecule has 136 valence electrons. The molecule has 2 heterocycles. The summed E-state index contributed by atoms with van der Waals surface area (Å²) in [5, 5.41) is 2.86. The van der Waals surface area contributed by atoms with Crippen molar-refractivity contribution in [3.63, 3.8) is 0 Å². The van der Waals surface area contributed by atoms with Gasteiger partial charge in [-0.25, -0.2) is 0 Å². The number of nitrogens with zero attached hydrogens (tertiary/aromatic N) is 2. The normalized spacial score (nSPS) is 13.0. The van der Waals surface area contributed by atoms with Gasteiger partial charge in [0.15, 0.2) is 5.78 Å². The Morgan fingerprint density at radius 3 is 2.37 bits per heavy atom. The van der Waals surface area contributed by atoms with Gasteiger partial charge in [0.25, 0.3) is 5.91 Å². The molecule has 1 aromatic carbocycles. The van der Waals surface area contributed by atoms with Gasteiger partial charge in [0, 0.05) is 30.4 Å². The molecule has 27 heavy (non-hydrogen) atoms. The van der Waals surface area contributed by atoms with E-state index in [1.807, 2.05) is 19.0 Å². The molecule has 0 saturated heterocycles. The number of aromatic nitrogens is 1. The van der Waals surface area contributed by atoms with Crippen LogP contribution in [0.2, 0.25) is 0 Å². The van der Waals surface area contributed by atoms with Gasteiger partial charge in [0.1, 0.15) is 5.69 Å². The lowest BCUT2D eigenvalue weighted by Gasteiger charge is -2.16. The fraction of sp³-hybridized carbons (Fsp3) is 0.190. The van der Waals surface area contributed by atoms with Crippen molar-refractivity contribution in [3.8, 4) is 0 Å². The largest absolute Gasteiger partial charge is 0.351 e. The van der Waals surface area contributed by atoms with Crippen LogP contribution in [0, 0.1) is 0 Å². The number of ketones is 2. The van der Waals surface area contributed by atoms with Gasteiger partial charge in [-0.2, -0.15) is 0 Å². The van der Waals surface area contributed by atoms with E-state index >= 15 is 0 Å². The molecule has 0 spiro atoms. The second-order valence-corrected chi connectivity index (χ2v) is 6.82. The molecule has 0 radical (unpaired) electrons. The average Bonchev–Trinajstić information content (AvgIpc) is 3.01. The Balaban J connectivity index is 1.90. The number of benzene rings is 1. The number of carbonyl (C=O) groups is 3. The minimum Gasteiger partial charge on any atom is -0.351 e. The van der Waals surface area contributed by atoms with E-state index in [2.05, 4.69) is 5.32 Å². The molecule has 1 N–H and O–H groups in total. The van der Waals surface area contributed by atoms with E-state index in [0.717, 1.165) is 0 Å². The first-order valence-electron chi connectivity index (χ1n) is 8.75. The maximum atomic E-state index is 13.2. The third kappa shape index (κ3) is 2.65. The van der Waals surface area contributed by atoms with Crippen LogP contribution < -0.4 is 5.32 Å². The molecule has 1 aliphatic carbocycles. The highest BCUT2D eigenvalue weighted by molar-refractivity contribution is 6.32. The Morgan fingerprint density at radius 2 is 1.67 bits per heavy atom. The molecule has 0 fully saturated rings. The Labute approximate surface area is 156 Å². The van der Waals surface area contributed by atoms with Gasteiger partial charge < -0.3 is 14.6 Å². The zero-order valence-corrected chi connectivity index (χ0v) is 15.2. The van der Waals surface area contributed by atoms with Gasteiger partial charge in [-0.3, -0.25) is 14.4 Å². The third-order valence-electron chi connectivity index (χ3n) is 4.77. The van der Waals surface area contributed by atoms with Gasteiger partial charge in [-0.05, 0) is 26.2 Å². The number of pyridine rings is 1. The number of carbonyl (C=O) groups excluding carboxylic acids is 3. The molecule has 1 aliphatic rings. The highest BCUT2D eigenvalue weighted by Crippen LogP contribution is 2.33. The minimum atomic E-state index is -0.345. The number of likely N-dealkylation sites (N-methyl/N-ethyl adjacent to an activating group) is 1. The summed E-state index contributed by atoms with van der Waals surface area (Å²) in [6, 6.07) is 12.1. The lowest BCUT2D eigenvalue weighted by molar-refractivity contribution is 0.0938. The molecule has 4 rings (SSSR count). The zero-order valence-electron chi connectivity index (χ0n) is 15.2. The number of rotatable bonds is 4. The van der Waals surface area contributed by atoms with Gasteiger partial charge in [-0.15, -0.1) is 0 Å². The second kappa shape index (κ2) is 6.48. The van der Waals surface area contributed by atoms with Crippen molar-refractivity contribution in [2.75, 3.05) is 27.2 Å². The van der Waals surface area contributed by atoms with Crippen LogP contribution in [0.4, 0.5) is 0 Å². The summed E-state index contributed by atoms with van der Waals surface area (Å²) >= 11 is 0. The van der Waals surface area contributed by atoms with Crippen LogP contribution in [0.25, 0.3) is 5.52 Å². The Bertz CT molecular complexity index is 1100. The van der Waals surface area contributed by atoms with Crippen molar-refractivity contribution in [3.05, 3.63) is 76.6 Å². The number of nitrogens with one attached hydrogen (secondary N) is 1. The van der Waals surface area contributed by atoms with Gasteiger partial charge >= 0.3 is 0 Å². The maximum Gasteiger partial charge on any atom is 0.254 e. The zero-order chi connectivity index (χ0) is 19.1. The third-order valence-corrected chi connectivity index (χ3v) is 4.77. The smallest absolute Gasteiger partial charge is 0.254 e. The molecule has 0 saturated carbocycles. The summed E-state index contributed by atoms with van der Waals surface area (Å²) < 4.78 is 1.65. The lowest BCUT2D eigenvalue weighted by Crippen LogP contribution is -2.32. The van der Waals surface area contributed by atoms with Crippen molar-refractivity contribution < 1.29 is 14.4 Å². The predicted octanol–water partition coefficient (Wildman–Crippen LogP) is 2.01. The van der Waals surface area contributed by atoms with Crippen molar-refractivity contribution in [1.82, 2.24) is 14.6 Å². The summed E-state index contributed by atoms with van der Waals surface area (Å²) in [4.78, 5) is 41.2. The SMILES string of the molecule is CN(C)CCNC(=O)c1c2c(n3ccccc13)C(=O)c1ccccc1C2=O. The number of hydrogen-bond acceptors (Lipinski definition) is 4. The van der Waals surface area contributed by atoms with E-state index in [1.54, 1.807) is 53.1 Å². The molecule has 6 nitrogen and oxygen atoms in total. The molecule has 0 bridgehead atoms. The topological polar surface area (TPSA) is 70.9 Å². The van der Waals surface area contributed by atoms with Gasteiger partial charge in [0.2, 0.25) is 5.78 Å². The van der Waals surface area contributed by atoms with Crippen LogP contribution >= 0.6 is 0 Å². The molecule has 6 heteroatoms. The van der Waals surface area contributed by atoms with Crippen molar-refractivity contribution in [1.29, 1.82) is 0 Å². The minimum absolute atomic E-state index is 0.187. The average molecular weight is 361 g/mol.